The first-order valence-corrected chi connectivity index (χ1v) is 29.8. The first-order chi connectivity index (χ1) is 39.4. The molecule has 420 valence electrons. The standard InChI is InChI=1S/C69H81N6O6/c1-7-46-40-73(25-19-49(46)31-64(73)67(76)55-16-22-70-61-13-10-52(79-4)34-58(55)61)37-43-28-44(38-74-26-20-50(47(8-2)41-74)32-65(74)68(77)56-17-23-71-62-14-11-53(80-5)35-59(56)62)30-45(29-43)39-75-27-21-51(48(9-3)42-75)33-66(75)69(78)57-18-24-72-63-15-12-54(81-6)36-60(57)63/h7-18,22-24,28-30,34-36,46-51,64-69,76-78H,1-3,19-21,25-27,31-33,37-42H2,4-6H3/q+3/t46?,47?,48?,49?,50?,51?,64-,65-,66-,67+,68+,69+,73?,74?,75?/m1/s1. The van der Waals surface area contributed by atoms with Crippen molar-refractivity contribution in [2.24, 2.45) is 35.5 Å². The second-order valence-corrected chi connectivity index (χ2v) is 25.4. The van der Waals surface area contributed by atoms with Crippen molar-refractivity contribution in [3.8, 4) is 17.2 Å². The molecule has 0 radical (unpaired) electrons. The molecule has 3 N–H and O–H groups in total. The van der Waals surface area contributed by atoms with Crippen LogP contribution in [0.4, 0.5) is 0 Å². The molecule has 9 unspecified atom stereocenters. The molecule has 3 aromatic heterocycles. The molecule has 4 aromatic carbocycles. The van der Waals surface area contributed by atoms with Crippen molar-refractivity contribution in [2.45, 2.75) is 94.6 Å². The van der Waals surface area contributed by atoms with Crippen LogP contribution in [0.25, 0.3) is 32.7 Å². The highest BCUT2D eigenvalue weighted by molar-refractivity contribution is 5.85. The Labute approximate surface area is 477 Å². The van der Waals surface area contributed by atoms with Crippen molar-refractivity contribution in [1.82, 2.24) is 15.0 Å². The van der Waals surface area contributed by atoms with Crippen LogP contribution in [0.5, 0.6) is 17.2 Å². The van der Waals surface area contributed by atoms with E-state index in [0.29, 0.717) is 35.5 Å². The summed E-state index contributed by atoms with van der Waals surface area (Å²) in [7, 11) is 5.07. The van der Waals surface area contributed by atoms with Crippen molar-refractivity contribution < 1.29 is 43.0 Å². The molecule has 0 saturated carbocycles. The summed E-state index contributed by atoms with van der Waals surface area (Å²) in [5.74, 6) is 4.59. The number of hydrogen-bond donors (Lipinski definition) is 3. The zero-order chi connectivity index (χ0) is 55.8. The third-order valence-corrected chi connectivity index (χ3v) is 21.6. The van der Waals surface area contributed by atoms with Crippen LogP contribution in [0, 0.1) is 35.5 Å². The van der Waals surface area contributed by atoms with Crippen LogP contribution >= 0.6 is 0 Å². The van der Waals surface area contributed by atoms with Gasteiger partial charge < -0.3 is 43.0 Å². The molecule has 0 amide bonds. The molecule has 9 aliphatic rings. The van der Waals surface area contributed by atoms with Gasteiger partial charge in [0.2, 0.25) is 0 Å². The summed E-state index contributed by atoms with van der Waals surface area (Å²) in [5, 5.41) is 41.9. The van der Waals surface area contributed by atoms with Gasteiger partial charge in [-0.2, -0.15) is 0 Å². The average molecular weight is 1090 g/mol. The smallest absolute Gasteiger partial charge is 0.131 e. The van der Waals surface area contributed by atoms with Gasteiger partial charge in [-0.15, -0.1) is 19.7 Å². The van der Waals surface area contributed by atoms with Crippen LogP contribution < -0.4 is 14.2 Å². The predicted octanol–water partition coefficient (Wildman–Crippen LogP) is 11.3. The molecule has 7 aromatic rings. The molecule has 12 heterocycles. The van der Waals surface area contributed by atoms with Gasteiger partial charge in [0.15, 0.2) is 0 Å². The van der Waals surface area contributed by atoms with Crippen molar-refractivity contribution >= 4 is 32.7 Å². The van der Waals surface area contributed by atoms with Gasteiger partial charge in [-0.25, -0.2) is 0 Å². The quantitative estimate of drug-likeness (QED) is 0.0569. The summed E-state index contributed by atoms with van der Waals surface area (Å²) < 4.78 is 19.4. The zero-order valence-corrected chi connectivity index (χ0v) is 47.5. The number of fused-ring (bicyclic) bond motifs is 12. The van der Waals surface area contributed by atoms with Gasteiger partial charge in [-0.3, -0.25) is 15.0 Å². The number of benzene rings is 4. The second kappa shape index (κ2) is 21.4. The van der Waals surface area contributed by atoms with Crippen LogP contribution in [0.1, 0.15) is 90.2 Å². The molecule has 9 aliphatic heterocycles. The molecule has 12 nitrogen and oxygen atoms in total. The van der Waals surface area contributed by atoms with Gasteiger partial charge in [0.1, 0.15) is 73.3 Å². The van der Waals surface area contributed by atoms with E-state index >= 15 is 0 Å². The Morgan fingerprint density at radius 2 is 0.753 bits per heavy atom. The number of ether oxygens (including phenoxy) is 3. The highest BCUT2D eigenvalue weighted by Crippen LogP contribution is 2.52. The minimum absolute atomic E-state index is 0.0572. The fourth-order valence-corrected chi connectivity index (χ4v) is 17.6. The summed E-state index contributed by atoms with van der Waals surface area (Å²) in [6.45, 7) is 21.1. The third kappa shape index (κ3) is 9.34. The van der Waals surface area contributed by atoms with Gasteiger partial charge >= 0.3 is 0 Å². The van der Waals surface area contributed by atoms with E-state index in [4.69, 9.17) is 29.2 Å². The number of aliphatic hydroxyl groups excluding tert-OH is 3. The average Bonchev–Trinajstić information content (AvgIpc) is 3.61. The SMILES string of the molecule is C=CC1C[N+]2(Cc3cc(C[N+]45CCC(C[C@@H]4[C@@H](O)c4ccnc6ccc(OC)cc46)C(C=C)C5)cc(C[N+]45CCC(C[C@@H]4[C@@H](O)c4ccnc6ccc(OC)cc46)C(C=C)C5)c3)CCC1C[C@@H]2[C@@H](O)c1ccnc2ccc(OC)cc12. The van der Waals surface area contributed by atoms with E-state index in [2.05, 4.69) is 56.2 Å². The maximum absolute atomic E-state index is 13.1. The zero-order valence-electron chi connectivity index (χ0n) is 47.5. The fourth-order valence-electron chi connectivity index (χ4n) is 17.6. The molecule has 9 saturated heterocycles. The largest absolute Gasteiger partial charge is 0.497 e. The van der Waals surface area contributed by atoms with E-state index in [9.17, 15) is 15.3 Å². The van der Waals surface area contributed by atoms with E-state index in [-0.39, 0.29) is 18.1 Å². The number of nitrogens with zero attached hydrogens (tertiary/aromatic N) is 6. The molecule has 9 fully saturated rings. The van der Waals surface area contributed by atoms with Crippen molar-refractivity contribution in [1.29, 1.82) is 0 Å². The van der Waals surface area contributed by atoms with Gasteiger partial charge in [0, 0.05) is 108 Å². The van der Waals surface area contributed by atoms with Crippen LogP contribution in [0.3, 0.4) is 0 Å². The number of methoxy groups -OCH3 is 3. The van der Waals surface area contributed by atoms with Gasteiger partial charge in [-0.05, 0) is 125 Å². The Hall–Kier alpha value is -6.51. The molecule has 0 aliphatic carbocycles. The Kier molecular flexibility index (Phi) is 14.2. The Balaban J connectivity index is 0.934. The van der Waals surface area contributed by atoms with E-state index in [0.717, 1.165) is 178 Å². The molecular weight excluding hydrogens is 1010 g/mol. The van der Waals surface area contributed by atoms with Crippen LogP contribution in [-0.2, 0) is 19.6 Å². The summed E-state index contributed by atoms with van der Waals surface area (Å²) >= 11 is 0. The van der Waals surface area contributed by atoms with E-state index < -0.39 is 18.3 Å². The monoisotopic (exact) mass is 1090 g/mol. The number of rotatable bonds is 18. The highest BCUT2D eigenvalue weighted by Gasteiger charge is 2.57. The topological polar surface area (TPSA) is 127 Å². The lowest BCUT2D eigenvalue weighted by Gasteiger charge is -2.59. The Bertz CT molecular complexity index is 3180. The number of aromatic nitrogens is 3. The Morgan fingerprint density at radius 1 is 0.457 bits per heavy atom. The second-order valence-electron chi connectivity index (χ2n) is 25.4. The van der Waals surface area contributed by atoms with Crippen molar-refractivity contribution in [3.63, 3.8) is 0 Å². The lowest BCUT2D eigenvalue weighted by Crippen LogP contribution is -2.68. The summed E-state index contributed by atoms with van der Waals surface area (Å²) in [6.07, 6.45) is 15.8. The number of aliphatic hydroxyl groups is 3. The molecule has 0 spiro atoms. The van der Waals surface area contributed by atoms with Gasteiger partial charge in [-0.1, -0.05) is 18.2 Å². The normalized spacial score (nSPS) is 31.4. The van der Waals surface area contributed by atoms with E-state index in [1.807, 2.05) is 91.4 Å². The van der Waals surface area contributed by atoms with Crippen LogP contribution in [0.2, 0.25) is 0 Å². The predicted molar refractivity (Wildman–Crippen MR) is 318 cm³/mol. The molecular formula is C69H81N6O6+3. The van der Waals surface area contributed by atoms with E-state index in [1.54, 1.807) is 21.3 Å². The van der Waals surface area contributed by atoms with Gasteiger partial charge in [0.05, 0.1) is 77.1 Å². The summed E-state index contributed by atoms with van der Waals surface area (Å²) in [4.78, 5) is 14.2. The molecule has 12 heteroatoms. The minimum Gasteiger partial charge on any atom is -0.497 e. The highest BCUT2D eigenvalue weighted by atomic mass is 16.5. The lowest BCUT2D eigenvalue weighted by atomic mass is 9.70. The number of hydrogen-bond acceptors (Lipinski definition) is 9. The van der Waals surface area contributed by atoms with Gasteiger partial charge in [0.25, 0.3) is 0 Å². The number of piperidine rings is 9. The van der Waals surface area contributed by atoms with Crippen LogP contribution in [0.15, 0.2) is 148 Å². The molecule has 6 bridgehead atoms. The third-order valence-electron chi connectivity index (χ3n) is 21.6. The first kappa shape index (κ1) is 53.8. The minimum atomic E-state index is -0.732. The molecule has 81 heavy (non-hydrogen) atoms. The van der Waals surface area contributed by atoms with E-state index in [1.165, 1.54) is 16.7 Å². The maximum Gasteiger partial charge on any atom is 0.131 e. The number of pyridine rings is 3. The van der Waals surface area contributed by atoms with Crippen molar-refractivity contribution in [2.75, 3.05) is 60.6 Å². The van der Waals surface area contributed by atoms with Crippen molar-refractivity contribution in [3.05, 3.63) is 181 Å². The first-order valence-electron chi connectivity index (χ1n) is 29.8. The fraction of sp³-hybridized carbons (Fsp3) is 0.435. The Morgan fingerprint density at radius 3 is 1.02 bits per heavy atom. The lowest BCUT2D eigenvalue weighted by molar-refractivity contribution is -0.986. The number of quaternary nitrogens is 3. The summed E-state index contributed by atoms with van der Waals surface area (Å²) in [6, 6.07) is 31.3. The summed E-state index contributed by atoms with van der Waals surface area (Å²) in [5.41, 5.74) is 9.05. The van der Waals surface area contributed by atoms with Crippen LogP contribution in [-0.4, -0.2) is 122 Å². The molecule has 15 atom stereocenters. The maximum atomic E-state index is 13.1. The molecule has 16 rings (SSSR count).